The number of fused-ring (bicyclic) bond motifs is 1. The first-order valence-electron chi connectivity index (χ1n) is 11.4. The van der Waals surface area contributed by atoms with Crippen LogP contribution in [0, 0.1) is 0 Å². The molecule has 0 bridgehead atoms. The van der Waals surface area contributed by atoms with Gasteiger partial charge in [0.15, 0.2) is 11.3 Å². The van der Waals surface area contributed by atoms with Crippen molar-refractivity contribution >= 4 is 34.6 Å². The van der Waals surface area contributed by atoms with Crippen LogP contribution < -0.4 is 10.1 Å². The first-order valence-corrected chi connectivity index (χ1v) is 11.8. The molecule has 1 aliphatic rings. The van der Waals surface area contributed by atoms with Gasteiger partial charge >= 0.3 is 0 Å². The van der Waals surface area contributed by atoms with Gasteiger partial charge in [-0.05, 0) is 43.7 Å². The number of anilines is 1. The minimum Gasteiger partial charge on any atom is -0.493 e. The third-order valence-electron chi connectivity index (χ3n) is 6.24. The summed E-state index contributed by atoms with van der Waals surface area (Å²) >= 11 is 6.05. The van der Waals surface area contributed by atoms with Crippen LogP contribution in [0.2, 0.25) is 5.02 Å². The van der Waals surface area contributed by atoms with Crippen LogP contribution >= 0.6 is 11.6 Å². The second kappa shape index (κ2) is 10.4. The number of ether oxygens (including phenoxy) is 2. The SMILES string of the molecule is COc1cc(C(=O)N2CC(C)(CCO)OC[C@H]2C)cc2nc(N[C@H](CF)c3cccc(Cl)c3)oc12. The first kappa shape index (κ1) is 25.2. The van der Waals surface area contributed by atoms with Crippen LogP contribution in [0.1, 0.15) is 42.2 Å². The van der Waals surface area contributed by atoms with Crippen LogP contribution in [0.5, 0.6) is 5.75 Å². The van der Waals surface area contributed by atoms with Gasteiger partial charge in [-0.3, -0.25) is 4.79 Å². The summed E-state index contributed by atoms with van der Waals surface area (Å²) < 4.78 is 31.0. The molecular formula is C25H29ClFN3O5. The molecule has 35 heavy (non-hydrogen) atoms. The van der Waals surface area contributed by atoms with E-state index in [1.54, 1.807) is 41.3 Å². The summed E-state index contributed by atoms with van der Waals surface area (Å²) in [4.78, 5) is 19.6. The van der Waals surface area contributed by atoms with Gasteiger partial charge in [0, 0.05) is 23.6 Å². The number of nitrogens with one attached hydrogen (secondary N) is 1. The summed E-state index contributed by atoms with van der Waals surface area (Å²) in [7, 11) is 1.48. The fraction of sp³-hybridized carbons (Fsp3) is 0.440. The summed E-state index contributed by atoms with van der Waals surface area (Å²) in [6.07, 6.45) is 0.423. The highest BCUT2D eigenvalue weighted by Gasteiger charge is 2.38. The summed E-state index contributed by atoms with van der Waals surface area (Å²) in [6, 6.07) is 9.36. The Morgan fingerprint density at radius 2 is 2.23 bits per heavy atom. The van der Waals surface area contributed by atoms with E-state index in [2.05, 4.69) is 10.3 Å². The Labute approximate surface area is 208 Å². The Balaban J connectivity index is 1.63. The van der Waals surface area contributed by atoms with Gasteiger partial charge in [0.25, 0.3) is 11.9 Å². The van der Waals surface area contributed by atoms with Crippen molar-refractivity contribution in [3.05, 3.63) is 52.5 Å². The molecular weight excluding hydrogens is 477 g/mol. The van der Waals surface area contributed by atoms with Crippen LogP contribution in [0.3, 0.4) is 0 Å². The third-order valence-corrected chi connectivity index (χ3v) is 6.47. The van der Waals surface area contributed by atoms with Crippen LogP contribution in [0.25, 0.3) is 11.1 Å². The highest BCUT2D eigenvalue weighted by atomic mass is 35.5. The van der Waals surface area contributed by atoms with Gasteiger partial charge in [-0.2, -0.15) is 4.98 Å². The normalized spacial score (nSPS) is 21.2. The van der Waals surface area contributed by atoms with E-state index in [1.807, 2.05) is 13.8 Å². The number of hydrogen-bond donors (Lipinski definition) is 2. The van der Waals surface area contributed by atoms with E-state index in [0.717, 1.165) is 0 Å². The minimum atomic E-state index is -0.715. The monoisotopic (exact) mass is 505 g/mol. The van der Waals surface area contributed by atoms with Crippen molar-refractivity contribution in [2.24, 2.45) is 0 Å². The van der Waals surface area contributed by atoms with E-state index >= 15 is 0 Å². The Hall–Kier alpha value is -2.88. The second-order valence-electron chi connectivity index (χ2n) is 8.97. The third kappa shape index (κ3) is 5.37. The molecule has 0 spiro atoms. The highest BCUT2D eigenvalue weighted by Crippen LogP contribution is 2.33. The zero-order chi connectivity index (χ0) is 25.2. The van der Waals surface area contributed by atoms with Gasteiger partial charge in [-0.25, -0.2) is 4.39 Å². The quantitative estimate of drug-likeness (QED) is 0.461. The number of nitrogens with zero attached hydrogens (tertiary/aromatic N) is 2. The number of alkyl halides is 1. The molecule has 8 nitrogen and oxygen atoms in total. The Morgan fingerprint density at radius 3 is 2.91 bits per heavy atom. The zero-order valence-corrected chi connectivity index (χ0v) is 20.6. The molecule has 3 atom stereocenters. The Kier molecular flexibility index (Phi) is 7.49. The molecule has 3 aromatic rings. The molecule has 1 saturated heterocycles. The van der Waals surface area contributed by atoms with Gasteiger partial charge in [0.05, 0.1) is 37.9 Å². The zero-order valence-electron chi connectivity index (χ0n) is 19.9. The van der Waals surface area contributed by atoms with E-state index in [1.165, 1.54) is 7.11 Å². The summed E-state index contributed by atoms with van der Waals surface area (Å²) in [5, 5.41) is 12.8. The van der Waals surface area contributed by atoms with Crippen molar-refractivity contribution in [3.8, 4) is 5.75 Å². The first-order chi connectivity index (χ1) is 16.8. The molecule has 2 heterocycles. The maximum Gasteiger partial charge on any atom is 0.296 e. The molecule has 1 aromatic heterocycles. The smallest absolute Gasteiger partial charge is 0.296 e. The summed E-state index contributed by atoms with van der Waals surface area (Å²) in [5.41, 5.74) is 1.15. The van der Waals surface area contributed by atoms with E-state index in [4.69, 9.17) is 25.5 Å². The van der Waals surface area contributed by atoms with E-state index < -0.39 is 18.3 Å². The fourth-order valence-corrected chi connectivity index (χ4v) is 4.42. The van der Waals surface area contributed by atoms with Gasteiger partial charge in [0.2, 0.25) is 0 Å². The number of aliphatic hydroxyl groups excluding tert-OH is 1. The lowest BCUT2D eigenvalue weighted by molar-refractivity contribution is -0.117. The van der Waals surface area contributed by atoms with Crippen LogP contribution in [-0.4, -0.2) is 66.1 Å². The summed E-state index contributed by atoms with van der Waals surface area (Å²) in [5.74, 6) is 0.133. The lowest BCUT2D eigenvalue weighted by atomic mass is 9.97. The molecule has 1 fully saturated rings. The second-order valence-corrected chi connectivity index (χ2v) is 9.41. The van der Waals surface area contributed by atoms with E-state index in [0.29, 0.717) is 52.6 Å². The largest absolute Gasteiger partial charge is 0.493 e. The number of amides is 1. The maximum absolute atomic E-state index is 13.8. The van der Waals surface area contributed by atoms with Gasteiger partial charge in [-0.1, -0.05) is 23.7 Å². The number of hydrogen-bond acceptors (Lipinski definition) is 7. The average Bonchev–Trinajstić information content (AvgIpc) is 3.26. The predicted octanol–water partition coefficient (Wildman–Crippen LogP) is 4.61. The van der Waals surface area contributed by atoms with E-state index in [9.17, 15) is 14.3 Å². The molecule has 2 aromatic carbocycles. The molecule has 0 radical (unpaired) electrons. The topological polar surface area (TPSA) is 97.1 Å². The van der Waals surface area contributed by atoms with Crippen molar-refractivity contribution in [2.75, 3.05) is 38.9 Å². The highest BCUT2D eigenvalue weighted by molar-refractivity contribution is 6.30. The van der Waals surface area contributed by atoms with Crippen LogP contribution in [-0.2, 0) is 4.74 Å². The Bertz CT molecular complexity index is 1210. The van der Waals surface area contributed by atoms with Crippen LogP contribution in [0.15, 0.2) is 40.8 Å². The number of carbonyl (C=O) groups excluding carboxylic acids is 1. The number of morpholine rings is 1. The maximum atomic E-state index is 13.8. The van der Waals surface area contributed by atoms with Crippen LogP contribution in [0.4, 0.5) is 10.4 Å². The molecule has 0 saturated carbocycles. The fourth-order valence-electron chi connectivity index (χ4n) is 4.22. The lowest BCUT2D eigenvalue weighted by Crippen LogP contribution is -2.56. The number of rotatable bonds is 8. The van der Waals surface area contributed by atoms with Crippen molar-refractivity contribution in [3.63, 3.8) is 0 Å². The molecule has 1 aliphatic heterocycles. The molecule has 1 unspecified atom stereocenters. The lowest BCUT2D eigenvalue weighted by Gasteiger charge is -2.44. The van der Waals surface area contributed by atoms with Gasteiger partial charge in [0.1, 0.15) is 12.2 Å². The number of methoxy groups -OCH3 is 1. The molecule has 10 heteroatoms. The number of oxazole rings is 1. The van der Waals surface area contributed by atoms with Crippen molar-refractivity contribution < 1.29 is 28.2 Å². The molecule has 0 aliphatic carbocycles. The average molecular weight is 506 g/mol. The number of aromatic nitrogens is 1. The number of aliphatic hydroxyl groups is 1. The van der Waals surface area contributed by atoms with E-state index in [-0.39, 0.29) is 24.6 Å². The minimum absolute atomic E-state index is 0.0313. The predicted molar refractivity (Wildman–Crippen MR) is 131 cm³/mol. The standard InChI is InChI=1S/C25H29ClFN3O5/c1-15-13-34-25(2,7-8-31)14-30(15)23(32)17-10-19-22(21(11-17)33-3)35-24(28-19)29-20(12-27)16-5-4-6-18(26)9-16/h4-6,9-11,15,20,31H,7-8,12-14H2,1-3H3,(H,28,29)/t15-,20-,25?/m1/s1. The van der Waals surface area contributed by atoms with Gasteiger partial charge in [-0.15, -0.1) is 0 Å². The van der Waals surface area contributed by atoms with Crippen molar-refractivity contribution in [1.82, 2.24) is 9.88 Å². The summed E-state index contributed by atoms with van der Waals surface area (Å²) in [6.45, 7) is 3.77. The number of benzene rings is 2. The van der Waals surface area contributed by atoms with Crippen molar-refractivity contribution in [1.29, 1.82) is 0 Å². The van der Waals surface area contributed by atoms with Gasteiger partial charge < -0.3 is 29.2 Å². The Morgan fingerprint density at radius 1 is 1.43 bits per heavy atom. The molecule has 1 amide bonds. The molecule has 2 N–H and O–H groups in total. The molecule has 188 valence electrons. The number of carbonyl (C=O) groups is 1. The van der Waals surface area contributed by atoms with Crippen molar-refractivity contribution in [2.45, 2.75) is 38.0 Å². The molecule has 4 rings (SSSR count). The number of halogens is 2.